The van der Waals surface area contributed by atoms with Gasteiger partial charge in [0.2, 0.25) is 0 Å². The summed E-state index contributed by atoms with van der Waals surface area (Å²) in [4.78, 5) is 0. The van der Waals surface area contributed by atoms with Crippen LogP contribution in [0.2, 0.25) is 0 Å². The van der Waals surface area contributed by atoms with Crippen molar-refractivity contribution in [2.75, 3.05) is 10.6 Å². The number of hydrogen-bond donors (Lipinski definition) is 0. The van der Waals surface area contributed by atoms with Crippen molar-refractivity contribution in [1.82, 2.24) is 0 Å². The van der Waals surface area contributed by atoms with Gasteiger partial charge in [-0.1, -0.05) is 34.1 Å². The fourth-order valence-corrected chi connectivity index (χ4v) is 4.61. The molecule has 2 aromatic rings. The summed E-state index contributed by atoms with van der Waals surface area (Å²) in [5, 5.41) is 7.51. The SMILES string of the molecule is CS1=Nc2cc(C3=NN=C(C(F)F)C3)ccc2CN1c1cccc(Br)c1. The third kappa shape index (κ3) is 3.35. The van der Waals surface area contributed by atoms with E-state index in [1.807, 2.05) is 30.3 Å². The number of nitrogens with zero attached hydrogens (tertiary/aromatic N) is 4. The summed E-state index contributed by atoms with van der Waals surface area (Å²) in [5.74, 6) is 0. The van der Waals surface area contributed by atoms with Gasteiger partial charge in [0.15, 0.2) is 0 Å². The van der Waals surface area contributed by atoms with Crippen LogP contribution in [0.4, 0.5) is 20.2 Å². The lowest BCUT2D eigenvalue weighted by Crippen LogP contribution is -2.26. The van der Waals surface area contributed by atoms with Crippen LogP contribution in [0.15, 0.2) is 61.5 Å². The Bertz CT molecular complexity index is 971. The number of rotatable bonds is 3. The average molecular weight is 437 g/mol. The highest BCUT2D eigenvalue weighted by molar-refractivity contribution is 9.10. The highest BCUT2D eigenvalue weighted by Crippen LogP contribution is 2.33. The van der Waals surface area contributed by atoms with Gasteiger partial charge in [-0.3, -0.25) is 0 Å². The lowest BCUT2D eigenvalue weighted by molar-refractivity contribution is 0.224. The van der Waals surface area contributed by atoms with Crippen LogP contribution in [0.1, 0.15) is 17.5 Å². The second-order valence-corrected chi connectivity index (χ2v) is 8.45. The zero-order valence-electron chi connectivity index (χ0n) is 13.9. The molecule has 0 spiro atoms. The van der Waals surface area contributed by atoms with Gasteiger partial charge in [-0.05, 0) is 40.7 Å². The second-order valence-electron chi connectivity index (χ2n) is 6.01. The minimum atomic E-state index is -2.56. The molecule has 2 aromatic carbocycles. The highest BCUT2D eigenvalue weighted by atomic mass is 79.9. The lowest BCUT2D eigenvalue weighted by Gasteiger charge is -2.29. The van der Waals surface area contributed by atoms with Crippen molar-refractivity contribution >= 4 is 49.6 Å². The molecule has 0 bridgehead atoms. The van der Waals surface area contributed by atoms with E-state index in [0.717, 1.165) is 33.5 Å². The molecule has 0 saturated carbocycles. The van der Waals surface area contributed by atoms with Crippen LogP contribution in [0.25, 0.3) is 0 Å². The molecule has 134 valence electrons. The molecule has 2 heterocycles. The summed E-state index contributed by atoms with van der Waals surface area (Å²) in [7, 11) is -0.324. The molecule has 0 aliphatic carbocycles. The smallest absolute Gasteiger partial charge is 0.278 e. The van der Waals surface area contributed by atoms with Crippen molar-refractivity contribution < 1.29 is 8.78 Å². The average Bonchev–Trinajstić information content (AvgIpc) is 3.11. The Kier molecular flexibility index (Phi) is 4.71. The molecule has 4 rings (SSSR count). The molecule has 26 heavy (non-hydrogen) atoms. The van der Waals surface area contributed by atoms with Gasteiger partial charge < -0.3 is 4.31 Å². The fourth-order valence-electron chi connectivity index (χ4n) is 2.92. The maximum absolute atomic E-state index is 12.8. The summed E-state index contributed by atoms with van der Waals surface area (Å²) < 4.78 is 33.6. The van der Waals surface area contributed by atoms with Crippen LogP contribution in [0.3, 0.4) is 0 Å². The molecule has 2 aliphatic rings. The van der Waals surface area contributed by atoms with E-state index in [0.29, 0.717) is 5.71 Å². The van der Waals surface area contributed by atoms with Crippen LogP contribution < -0.4 is 4.31 Å². The summed E-state index contributed by atoms with van der Waals surface area (Å²) in [6.45, 7) is 0.750. The van der Waals surface area contributed by atoms with E-state index < -0.39 is 6.43 Å². The predicted molar refractivity (Wildman–Crippen MR) is 107 cm³/mol. The first-order valence-electron chi connectivity index (χ1n) is 7.97. The van der Waals surface area contributed by atoms with Crippen molar-refractivity contribution in [3.63, 3.8) is 0 Å². The Morgan fingerprint density at radius 2 is 2.00 bits per heavy atom. The van der Waals surface area contributed by atoms with E-state index in [2.05, 4.69) is 48.8 Å². The molecule has 0 saturated heterocycles. The Morgan fingerprint density at radius 1 is 1.15 bits per heavy atom. The second kappa shape index (κ2) is 7.00. The number of halogens is 3. The van der Waals surface area contributed by atoms with E-state index in [-0.39, 0.29) is 23.0 Å². The maximum Gasteiger partial charge on any atom is 0.278 e. The zero-order chi connectivity index (χ0) is 18.3. The number of anilines is 1. The van der Waals surface area contributed by atoms with Crippen LogP contribution in [-0.2, 0) is 17.4 Å². The summed E-state index contributed by atoms with van der Waals surface area (Å²) in [5.41, 5.74) is 4.31. The minimum absolute atomic E-state index is 0.0957. The number of hydrogen-bond acceptors (Lipinski definition) is 4. The van der Waals surface area contributed by atoms with Gasteiger partial charge in [0.1, 0.15) is 5.71 Å². The monoisotopic (exact) mass is 436 g/mol. The maximum atomic E-state index is 12.8. The first kappa shape index (κ1) is 17.5. The van der Waals surface area contributed by atoms with Crippen molar-refractivity contribution in [3.8, 4) is 0 Å². The van der Waals surface area contributed by atoms with Gasteiger partial charge in [0, 0.05) is 28.4 Å². The Morgan fingerprint density at radius 3 is 2.73 bits per heavy atom. The third-order valence-corrected chi connectivity index (χ3v) is 6.21. The van der Waals surface area contributed by atoms with Crippen LogP contribution in [0.5, 0.6) is 0 Å². The van der Waals surface area contributed by atoms with Crippen LogP contribution in [-0.4, -0.2) is 24.1 Å². The Balaban J connectivity index is 1.61. The molecule has 8 heteroatoms. The van der Waals surface area contributed by atoms with E-state index >= 15 is 0 Å². The van der Waals surface area contributed by atoms with Crippen molar-refractivity contribution in [1.29, 1.82) is 0 Å². The molecule has 0 amide bonds. The first-order valence-corrected chi connectivity index (χ1v) is 10.3. The number of benzene rings is 2. The quantitative estimate of drug-likeness (QED) is 0.646. The van der Waals surface area contributed by atoms with Crippen molar-refractivity contribution in [2.45, 2.75) is 19.4 Å². The summed E-state index contributed by atoms with van der Waals surface area (Å²) in [6.07, 6.45) is -0.390. The molecule has 0 radical (unpaired) electrons. The number of alkyl halides is 2. The van der Waals surface area contributed by atoms with E-state index in [9.17, 15) is 8.78 Å². The predicted octanol–water partition coefficient (Wildman–Crippen LogP) is 5.26. The highest BCUT2D eigenvalue weighted by Gasteiger charge is 2.23. The molecule has 0 N–H and O–H groups in total. The van der Waals surface area contributed by atoms with Crippen molar-refractivity contribution in [2.24, 2.45) is 14.6 Å². The topological polar surface area (TPSA) is 40.3 Å². The van der Waals surface area contributed by atoms with Crippen LogP contribution in [0, 0.1) is 0 Å². The molecular formula is C18H15BrF2N4S. The molecule has 1 unspecified atom stereocenters. The summed E-state index contributed by atoms with van der Waals surface area (Å²) in [6, 6.07) is 14.0. The van der Waals surface area contributed by atoms with Gasteiger partial charge in [-0.15, -0.1) is 0 Å². The standard InChI is InChI=1S/C18H15BrF2N4S/c1-26-24-16-7-11(15-9-17(18(20)21)23-22-15)5-6-12(16)10-25(26)14-4-2-3-13(19)8-14/h2-8,18H,9-10H2,1H3. The zero-order valence-corrected chi connectivity index (χ0v) is 16.3. The van der Waals surface area contributed by atoms with Gasteiger partial charge in [-0.25, -0.2) is 13.1 Å². The van der Waals surface area contributed by atoms with Crippen molar-refractivity contribution in [3.05, 3.63) is 58.1 Å². The van der Waals surface area contributed by atoms with Gasteiger partial charge in [0.25, 0.3) is 6.43 Å². The van der Waals surface area contributed by atoms with E-state index in [1.54, 1.807) is 0 Å². The third-order valence-electron chi connectivity index (χ3n) is 4.28. The Labute approximate surface area is 161 Å². The Hall–Kier alpha value is -1.93. The lowest BCUT2D eigenvalue weighted by atomic mass is 10.0. The van der Waals surface area contributed by atoms with E-state index in [4.69, 9.17) is 4.36 Å². The molecular weight excluding hydrogens is 422 g/mol. The normalized spacial score (nSPS) is 19.1. The minimum Gasteiger partial charge on any atom is -0.304 e. The largest absolute Gasteiger partial charge is 0.304 e. The molecule has 4 nitrogen and oxygen atoms in total. The van der Waals surface area contributed by atoms with Gasteiger partial charge in [-0.2, -0.15) is 10.2 Å². The summed E-state index contributed by atoms with van der Waals surface area (Å²) >= 11 is 3.51. The van der Waals surface area contributed by atoms with Gasteiger partial charge in [0.05, 0.1) is 17.9 Å². The first-order chi connectivity index (χ1) is 12.5. The molecule has 2 aliphatic heterocycles. The molecule has 0 aromatic heterocycles. The van der Waals surface area contributed by atoms with E-state index in [1.165, 1.54) is 0 Å². The fraction of sp³-hybridized carbons (Fsp3) is 0.222. The van der Waals surface area contributed by atoms with Gasteiger partial charge >= 0.3 is 0 Å². The van der Waals surface area contributed by atoms with Crippen LogP contribution >= 0.6 is 15.9 Å². The molecule has 0 fully saturated rings. The molecule has 1 atom stereocenters. The number of fused-ring (bicyclic) bond motifs is 1.